The van der Waals surface area contributed by atoms with Crippen LogP contribution in [0.15, 0.2) is 35.7 Å². The average molecular weight is 286 g/mol. The van der Waals surface area contributed by atoms with Gasteiger partial charge in [0.05, 0.1) is 0 Å². The van der Waals surface area contributed by atoms with Gasteiger partial charge in [0.25, 0.3) is 0 Å². The van der Waals surface area contributed by atoms with Gasteiger partial charge in [0.15, 0.2) is 0 Å². The minimum atomic E-state index is 0.324. The number of rotatable bonds is 4. The molecule has 1 aromatic heterocycles. The summed E-state index contributed by atoms with van der Waals surface area (Å²) in [4.78, 5) is 1.32. The molecule has 0 fully saturated rings. The number of thiophene rings is 1. The molecule has 1 atom stereocenters. The zero-order chi connectivity index (χ0) is 12.3. The van der Waals surface area contributed by atoms with E-state index in [0.29, 0.717) is 6.04 Å². The Morgan fingerprint density at radius 1 is 1.29 bits per heavy atom. The van der Waals surface area contributed by atoms with E-state index >= 15 is 0 Å². The number of halogens is 2. The Morgan fingerprint density at radius 3 is 2.82 bits per heavy atom. The third-order valence-electron chi connectivity index (χ3n) is 2.58. The van der Waals surface area contributed by atoms with Crippen LogP contribution in [0.5, 0.6) is 0 Å². The van der Waals surface area contributed by atoms with Gasteiger partial charge in [-0.15, -0.1) is 11.3 Å². The fourth-order valence-electron chi connectivity index (χ4n) is 1.58. The normalized spacial score (nSPS) is 12.6. The van der Waals surface area contributed by atoms with E-state index in [1.807, 2.05) is 12.1 Å². The number of benzene rings is 1. The van der Waals surface area contributed by atoms with Crippen LogP contribution < -0.4 is 5.32 Å². The predicted molar refractivity (Wildman–Crippen MR) is 76.0 cm³/mol. The smallest absolute Gasteiger partial charge is 0.0451 e. The third kappa shape index (κ3) is 3.46. The first-order valence-electron chi connectivity index (χ1n) is 5.37. The van der Waals surface area contributed by atoms with Crippen LogP contribution >= 0.6 is 34.5 Å². The highest BCUT2D eigenvalue weighted by molar-refractivity contribution is 7.10. The van der Waals surface area contributed by atoms with Crippen molar-refractivity contribution in [3.05, 3.63) is 56.2 Å². The molecular weight excluding hydrogens is 273 g/mol. The highest BCUT2D eigenvalue weighted by Gasteiger charge is 2.07. The summed E-state index contributed by atoms with van der Waals surface area (Å²) >= 11 is 13.8. The lowest BCUT2D eigenvalue weighted by Gasteiger charge is -2.13. The third-order valence-corrected chi connectivity index (χ3v) is 4.24. The Bertz CT molecular complexity index is 482. The summed E-state index contributed by atoms with van der Waals surface area (Å²) in [6.45, 7) is 2.86. The van der Waals surface area contributed by atoms with Gasteiger partial charge in [-0.25, -0.2) is 0 Å². The molecule has 0 saturated heterocycles. The van der Waals surface area contributed by atoms with Crippen LogP contribution in [0.25, 0.3) is 0 Å². The van der Waals surface area contributed by atoms with Gasteiger partial charge in [0.1, 0.15) is 0 Å². The number of hydrogen-bond acceptors (Lipinski definition) is 2. The molecule has 2 rings (SSSR count). The first-order chi connectivity index (χ1) is 8.16. The second-order valence-corrected chi connectivity index (χ2v) is 5.68. The maximum atomic E-state index is 6.11. The van der Waals surface area contributed by atoms with Crippen molar-refractivity contribution in [3.63, 3.8) is 0 Å². The van der Waals surface area contributed by atoms with Crippen molar-refractivity contribution in [3.8, 4) is 0 Å². The zero-order valence-corrected chi connectivity index (χ0v) is 11.7. The molecule has 0 aliphatic rings. The molecular formula is C13H13Cl2NS. The summed E-state index contributed by atoms with van der Waals surface area (Å²) in [5.74, 6) is 0. The monoisotopic (exact) mass is 285 g/mol. The van der Waals surface area contributed by atoms with Gasteiger partial charge in [0.2, 0.25) is 0 Å². The lowest BCUT2D eigenvalue weighted by Crippen LogP contribution is -2.17. The van der Waals surface area contributed by atoms with Crippen LogP contribution in [0.1, 0.15) is 23.4 Å². The topological polar surface area (TPSA) is 12.0 Å². The Labute approximate surface area is 115 Å². The highest BCUT2D eigenvalue weighted by atomic mass is 35.5. The van der Waals surface area contributed by atoms with Gasteiger partial charge in [-0.1, -0.05) is 29.3 Å². The maximum absolute atomic E-state index is 6.11. The van der Waals surface area contributed by atoms with E-state index in [0.717, 1.165) is 22.2 Å². The van der Waals surface area contributed by atoms with Crippen molar-refractivity contribution < 1.29 is 0 Å². The van der Waals surface area contributed by atoms with Crippen molar-refractivity contribution in [1.29, 1.82) is 0 Å². The van der Waals surface area contributed by atoms with Gasteiger partial charge in [-0.3, -0.25) is 0 Å². The molecule has 0 saturated carbocycles. The molecule has 0 bridgehead atoms. The van der Waals surface area contributed by atoms with Gasteiger partial charge in [-0.2, -0.15) is 0 Å². The molecule has 1 aromatic carbocycles. The van der Waals surface area contributed by atoms with Crippen LogP contribution in [0.2, 0.25) is 10.0 Å². The van der Waals surface area contributed by atoms with E-state index < -0.39 is 0 Å². The lowest BCUT2D eigenvalue weighted by atomic mass is 10.2. The first-order valence-corrected chi connectivity index (χ1v) is 7.01. The number of hydrogen-bond donors (Lipinski definition) is 1. The first kappa shape index (κ1) is 12.9. The summed E-state index contributed by atoms with van der Waals surface area (Å²) in [6.07, 6.45) is 0. The van der Waals surface area contributed by atoms with Gasteiger partial charge in [-0.05, 0) is 42.1 Å². The summed E-state index contributed by atoms with van der Waals surface area (Å²) in [6, 6.07) is 10.0. The summed E-state index contributed by atoms with van der Waals surface area (Å²) in [5, 5.41) is 6.99. The van der Waals surface area contributed by atoms with Gasteiger partial charge < -0.3 is 5.32 Å². The lowest BCUT2D eigenvalue weighted by molar-refractivity contribution is 0.583. The number of nitrogens with one attached hydrogen (secondary N) is 1. The molecule has 1 nitrogen and oxygen atoms in total. The van der Waals surface area contributed by atoms with E-state index in [2.05, 4.69) is 29.8 Å². The largest absolute Gasteiger partial charge is 0.305 e. The maximum Gasteiger partial charge on any atom is 0.0451 e. The molecule has 1 unspecified atom stereocenters. The van der Waals surface area contributed by atoms with Crippen molar-refractivity contribution in [2.45, 2.75) is 19.5 Å². The Balaban J connectivity index is 2.00. The minimum absolute atomic E-state index is 0.324. The fraction of sp³-hybridized carbons (Fsp3) is 0.231. The van der Waals surface area contributed by atoms with Crippen LogP contribution in [-0.4, -0.2) is 0 Å². The molecule has 4 heteroatoms. The Morgan fingerprint density at radius 2 is 2.12 bits per heavy atom. The minimum Gasteiger partial charge on any atom is -0.305 e. The van der Waals surface area contributed by atoms with Crippen molar-refractivity contribution >= 4 is 34.5 Å². The van der Waals surface area contributed by atoms with Crippen LogP contribution in [0, 0.1) is 0 Å². The van der Waals surface area contributed by atoms with E-state index in [1.54, 1.807) is 17.4 Å². The molecule has 0 radical (unpaired) electrons. The van der Waals surface area contributed by atoms with Gasteiger partial charge >= 0.3 is 0 Å². The second-order valence-electron chi connectivity index (χ2n) is 3.85. The summed E-state index contributed by atoms with van der Waals surface area (Å²) in [7, 11) is 0. The van der Waals surface area contributed by atoms with Crippen LogP contribution in [0.4, 0.5) is 0 Å². The molecule has 17 heavy (non-hydrogen) atoms. The second kappa shape index (κ2) is 5.87. The van der Waals surface area contributed by atoms with E-state index in [-0.39, 0.29) is 0 Å². The standard InChI is InChI=1S/C13H13Cl2NS/c1-9(13-3-2-6-17-13)16-8-10-7-11(14)4-5-12(10)15/h2-7,9,16H,8H2,1H3. The van der Waals surface area contributed by atoms with E-state index in [4.69, 9.17) is 23.2 Å². The zero-order valence-electron chi connectivity index (χ0n) is 9.41. The van der Waals surface area contributed by atoms with Crippen molar-refractivity contribution in [1.82, 2.24) is 5.32 Å². The molecule has 0 amide bonds. The summed E-state index contributed by atoms with van der Waals surface area (Å²) in [5.41, 5.74) is 1.03. The van der Waals surface area contributed by atoms with Crippen LogP contribution in [-0.2, 0) is 6.54 Å². The van der Waals surface area contributed by atoms with Crippen molar-refractivity contribution in [2.75, 3.05) is 0 Å². The van der Waals surface area contributed by atoms with E-state index in [1.165, 1.54) is 4.88 Å². The predicted octanol–water partition coefficient (Wildman–Crippen LogP) is 4.91. The SMILES string of the molecule is CC(NCc1cc(Cl)ccc1Cl)c1cccs1. The molecule has 90 valence electrons. The Kier molecular flexibility index (Phi) is 4.46. The molecule has 0 aliphatic carbocycles. The molecule has 2 aromatic rings. The van der Waals surface area contributed by atoms with E-state index in [9.17, 15) is 0 Å². The van der Waals surface area contributed by atoms with Crippen molar-refractivity contribution in [2.24, 2.45) is 0 Å². The average Bonchev–Trinajstić information content (AvgIpc) is 2.83. The Hall–Kier alpha value is -0.540. The highest BCUT2D eigenvalue weighted by Crippen LogP contribution is 2.23. The summed E-state index contributed by atoms with van der Waals surface area (Å²) < 4.78 is 0. The molecule has 1 heterocycles. The molecule has 0 aliphatic heterocycles. The van der Waals surface area contributed by atoms with Gasteiger partial charge in [0, 0.05) is 27.5 Å². The molecule has 0 spiro atoms. The molecule has 1 N–H and O–H groups in total. The van der Waals surface area contributed by atoms with Crippen LogP contribution in [0.3, 0.4) is 0 Å². The quantitative estimate of drug-likeness (QED) is 0.842. The fourth-order valence-corrected chi connectivity index (χ4v) is 2.72.